The SMILES string of the molecule is CCCCCCCCCCC/C=C/C(O)C(CO)NC(=O)CCCCC/C=C\CCCCCCCCOC(=O)CCCCCCCCCCCCCC. The number of rotatable bonds is 42. The lowest BCUT2D eigenvalue weighted by atomic mass is 10.0. The number of hydrogen-bond acceptors (Lipinski definition) is 5. The van der Waals surface area contributed by atoms with E-state index in [-0.39, 0.29) is 18.5 Å². The molecule has 0 aromatic rings. The number of hydrogen-bond donors (Lipinski definition) is 3. The van der Waals surface area contributed by atoms with Crippen LogP contribution in [-0.2, 0) is 14.3 Å². The predicted molar refractivity (Wildman–Crippen MR) is 227 cm³/mol. The second-order valence-electron chi connectivity index (χ2n) is 15.7. The largest absolute Gasteiger partial charge is 0.466 e. The van der Waals surface area contributed by atoms with Crippen LogP contribution in [0.25, 0.3) is 0 Å². The van der Waals surface area contributed by atoms with Crippen LogP contribution in [0.3, 0.4) is 0 Å². The normalized spacial score (nSPS) is 12.9. The molecule has 0 aliphatic rings. The molecule has 0 heterocycles. The summed E-state index contributed by atoms with van der Waals surface area (Å²) < 4.78 is 5.43. The second kappa shape index (κ2) is 43.1. The smallest absolute Gasteiger partial charge is 0.305 e. The maximum atomic E-state index is 12.4. The highest BCUT2D eigenvalue weighted by Gasteiger charge is 2.18. The Bertz CT molecular complexity index is 828. The Labute approximate surface area is 329 Å². The minimum Gasteiger partial charge on any atom is -0.466 e. The Hall–Kier alpha value is -1.66. The van der Waals surface area contributed by atoms with Crippen molar-refractivity contribution in [2.75, 3.05) is 13.2 Å². The van der Waals surface area contributed by atoms with Crippen LogP contribution in [0.4, 0.5) is 0 Å². The fourth-order valence-electron chi connectivity index (χ4n) is 6.86. The van der Waals surface area contributed by atoms with Gasteiger partial charge in [0.2, 0.25) is 5.91 Å². The zero-order chi connectivity index (χ0) is 38.7. The van der Waals surface area contributed by atoms with Crippen LogP contribution in [0.15, 0.2) is 24.3 Å². The number of esters is 1. The van der Waals surface area contributed by atoms with Crippen molar-refractivity contribution in [3.63, 3.8) is 0 Å². The van der Waals surface area contributed by atoms with E-state index in [2.05, 4.69) is 31.3 Å². The maximum absolute atomic E-state index is 12.4. The highest BCUT2D eigenvalue weighted by molar-refractivity contribution is 5.76. The lowest BCUT2D eigenvalue weighted by molar-refractivity contribution is -0.143. The van der Waals surface area contributed by atoms with Gasteiger partial charge in [-0.2, -0.15) is 0 Å². The number of aliphatic hydroxyl groups excluding tert-OH is 2. The van der Waals surface area contributed by atoms with Gasteiger partial charge in [0.25, 0.3) is 0 Å². The molecule has 2 atom stereocenters. The number of allylic oxidation sites excluding steroid dienone is 3. The summed E-state index contributed by atoms with van der Waals surface area (Å²) >= 11 is 0. The Morgan fingerprint density at radius 1 is 0.509 bits per heavy atom. The van der Waals surface area contributed by atoms with Gasteiger partial charge in [0.15, 0.2) is 0 Å². The van der Waals surface area contributed by atoms with Gasteiger partial charge < -0.3 is 20.3 Å². The quantitative estimate of drug-likeness (QED) is 0.0328. The zero-order valence-corrected chi connectivity index (χ0v) is 35.2. The molecule has 53 heavy (non-hydrogen) atoms. The zero-order valence-electron chi connectivity index (χ0n) is 35.2. The third kappa shape index (κ3) is 39.8. The van der Waals surface area contributed by atoms with Gasteiger partial charge in [0.05, 0.1) is 25.4 Å². The van der Waals surface area contributed by atoms with E-state index in [4.69, 9.17) is 4.74 Å². The van der Waals surface area contributed by atoms with Gasteiger partial charge in [0.1, 0.15) is 0 Å². The minimum absolute atomic E-state index is 0.0143. The van der Waals surface area contributed by atoms with E-state index in [1.54, 1.807) is 6.08 Å². The molecule has 312 valence electrons. The van der Waals surface area contributed by atoms with Crippen molar-refractivity contribution in [2.45, 2.75) is 251 Å². The van der Waals surface area contributed by atoms with Crippen molar-refractivity contribution < 1.29 is 24.5 Å². The fraction of sp³-hybridized carbons (Fsp3) is 0.872. The van der Waals surface area contributed by atoms with Crippen LogP contribution < -0.4 is 5.32 Å². The van der Waals surface area contributed by atoms with Crippen molar-refractivity contribution >= 4 is 11.9 Å². The van der Waals surface area contributed by atoms with Crippen LogP contribution in [0.2, 0.25) is 0 Å². The van der Waals surface area contributed by atoms with Crippen molar-refractivity contribution in [2.24, 2.45) is 0 Å². The molecule has 0 fully saturated rings. The Morgan fingerprint density at radius 3 is 1.36 bits per heavy atom. The summed E-state index contributed by atoms with van der Waals surface area (Å²) in [6, 6.07) is -0.645. The Kier molecular flexibility index (Phi) is 41.7. The molecule has 0 spiro atoms. The van der Waals surface area contributed by atoms with Gasteiger partial charge in [-0.15, -0.1) is 0 Å². The Balaban J connectivity index is 3.53. The summed E-state index contributed by atoms with van der Waals surface area (Å²) in [5, 5.41) is 22.9. The van der Waals surface area contributed by atoms with E-state index in [0.29, 0.717) is 19.4 Å². The molecule has 0 aromatic heterocycles. The van der Waals surface area contributed by atoms with Gasteiger partial charge in [-0.1, -0.05) is 192 Å². The number of aliphatic hydroxyl groups is 2. The highest BCUT2D eigenvalue weighted by Crippen LogP contribution is 2.14. The maximum Gasteiger partial charge on any atom is 0.305 e. The monoisotopic (exact) mass is 748 g/mol. The van der Waals surface area contributed by atoms with E-state index >= 15 is 0 Å². The number of carbonyl (C=O) groups is 2. The first kappa shape index (κ1) is 51.3. The first-order valence-corrected chi connectivity index (χ1v) is 23.1. The number of amides is 1. The molecule has 0 bridgehead atoms. The molecule has 0 aliphatic carbocycles. The number of unbranched alkanes of at least 4 members (excludes halogenated alkanes) is 29. The molecule has 0 saturated heterocycles. The molecule has 2 unspecified atom stereocenters. The Morgan fingerprint density at radius 2 is 0.887 bits per heavy atom. The van der Waals surface area contributed by atoms with E-state index in [1.165, 1.54) is 141 Å². The third-order valence-electron chi connectivity index (χ3n) is 10.5. The molecule has 6 heteroatoms. The summed E-state index contributed by atoms with van der Waals surface area (Å²) in [6.07, 6.45) is 48.8. The van der Waals surface area contributed by atoms with Gasteiger partial charge in [-0.05, 0) is 57.8 Å². The number of ether oxygens (including phenoxy) is 1. The summed E-state index contributed by atoms with van der Waals surface area (Å²) in [7, 11) is 0. The van der Waals surface area contributed by atoms with Crippen LogP contribution >= 0.6 is 0 Å². The van der Waals surface area contributed by atoms with Gasteiger partial charge in [-0.25, -0.2) is 0 Å². The fourth-order valence-corrected chi connectivity index (χ4v) is 6.86. The summed E-state index contributed by atoms with van der Waals surface area (Å²) in [6.45, 7) is 4.83. The molecule has 6 nitrogen and oxygen atoms in total. The first-order chi connectivity index (χ1) is 26.0. The van der Waals surface area contributed by atoms with Gasteiger partial charge in [0, 0.05) is 12.8 Å². The van der Waals surface area contributed by atoms with Crippen molar-refractivity contribution in [3.8, 4) is 0 Å². The van der Waals surface area contributed by atoms with Crippen molar-refractivity contribution in [3.05, 3.63) is 24.3 Å². The predicted octanol–water partition coefficient (Wildman–Crippen LogP) is 13.2. The molecule has 0 rings (SSSR count). The molecule has 1 amide bonds. The molecule has 0 aliphatic heterocycles. The summed E-state index contributed by atoms with van der Waals surface area (Å²) in [5.74, 6) is -0.114. The van der Waals surface area contributed by atoms with E-state index in [1.807, 2.05) is 6.08 Å². The van der Waals surface area contributed by atoms with Crippen molar-refractivity contribution in [1.29, 1.82) is 0 Å². The number of nitrogens with one attached hydrogen (secondary N) is 1. The van der Waals surface area contributed by atoms with Crippen LogP contribution in [0.5, 0.6) is 0 Å². The molecule has 0 radical (unpaired) electrons. The summed E-state index contributed by atoms with van der Waals surface area (Å²) in [4.78, 5) is 24.3. The molecular formula is C47H89NO5. The molecular weight excluding hydrogens is 659 g/mol. The first-order valence-electron chi connectivity index (χ1n) is 23.1. The van der Waals surface area contributed by atoms with Crippen LogP contribution in [0, 0.1) is 0 Å². The van der Waals surface area contributed by atoms with E-state index < -0.39 is 12.1 Å². The lowest BCUT2D eigenvalue weighted by Gasteiger charge is -2.19. The van der Waals surface area contributed by atoms with Crippen LogP contribution in [0.1, 0.15) is 239 Å². The topological polar surface area (TPSA) is 95.9 Å². The molecule has 0 saturated carbocycles. The average molecular weight is 748 g/mol. The standard InChI is InChI=1S/C47H89NO5/c1-3-5-7-9-11-13-15-21-25-29-33-37-41-47(52)53-42-38-34-30-26-22-18-16-17-20-24-28-32-36-40-46(51)48-44(43-49)45(50)39-35-31-27-23-19-14-12-10-8-6-4-2/h17,20,35,39,44-45,49-50H,3-16,18-19,21-34,36-38,40-43H2,1-2H3,(H,48,51)/b20-17-,39-35+. The minimum atomic E-state index is -0.859. The van der Waals surface area contributed by atoms with Gasteiger partial charge >= 0.3 is 5.97 Å². The highest BCUT2D eigenvalue weighted by atomic mass is 16.5. The number of carbonyl (C=O) groups excluding carboxylic acids is 2. The molecule has 3 N–H and O–H groups in total. The summed E-state index contributed by atoms with van der Waals surface area (Å²) in [5.41, 5.74) is 0. The molecule has 0 aromatic carbocycles. The van der Waals surface area contributed by atoms with E-state index in [9.17, 15) is 19.8 Å². The van der Waals surface area contributed by atoms with E-state index in [0.717, 1.165) is 70.6 Å². The second-order valence-corrected chi connectivity index (χ2v) is 15.7. The van der Waals surface area contributed by atoms with Crippen molar-refractivity contribution in [1.82, 2.24) is 5.32 Å². The van der Waals surface area contributed by atoms with Gasteiger partial charge in [-0.3, -0.25) is 9.59 Å². The lowest BCUT2D eigenvalue weighted by Crippen LogP contribution is -2.45. The van der Waals surface area contributed by atoms with Crippen LogP contribution in [-0.4, -0.2) is 47.4 Å². The average Bonchev–Trinajstić information content (AvgIpc) is 3.16. The third-order valence-corrected chi connectivity index (χ3v) is 10.5.